The highest BCUT2D eigenvalue weighted by molar-refractivity contribution is 5.91. The Labute approximate surface area is 151 Å². The second kappa shape index (κ2) is 9.80. The van der Waals surface area contributed by atoms with Crippen LogP contribution in [0.3, 0.4) is 0 Å². The number of hydrogen-bond acceptors (Lipinski definition) is 3. The van der Waals surface area contributed by atoms with Gasteiger partial charge in [-0.1, -0.05) is 49.7 Å². The smallest absolute Gasteiger partial charge is 0.143 e. The summed E-state index contributed by atoms with van der Waals surface area (Å²) < 4.78 is 0. The van der Waals surface area contributed by atoms with Gasteiger partial charge in [0.05, 0.1) is 0 Å². The molecule has 0 bridgehead atoms. The van der Waals surface area contributed by atoms with Crippen LogP contribution in [0.5, 0.6) is 0 Å². The molecule has 0 aliphatic heterocycles. The first kappa shape index (κ1) is 18.9. The van der Waals surface area contributed by atoms with Crippen LogP contribution in [0, 0.1) is 0 Å². The lowest BCUT2D eigenvalue weighted by Crippen LogP contribution is -2.12. The van der Waals surface area contributed by atoms with Crippen molar-refractivity contribution in [3.8, 4) is 0 Å². The Morgan fingerprint density at radius 3 is 2.64 bits per heavy atom. The summed E-state index contributed by atoms with van der Waals surface area (Å²) >= 11 is 0. The zero-order valence-electron chi connectivity index (χ0n) is 15.5. The van der Waals surface area contributed by atoms with E-state index in [-0.39, 0.29) is 0 Å². The quantitative estimate of drug-likeness (QED) is 0.413. The molecule has 3 nitrogen and oxygen atoms in total. The minimum atomic E-state index is 0.834. The molecule has 25 heavy (non-hydrogen) atoms. The maximum atomic E-state index is 11.3. The fourth-order valence-electron chi connectivity index (χ4n) is 2.88. The molecule has 0 amide bonds. The topological polar surface area (TPSA) is 32.3 Å². The summed E-state index contributed by atoms with van der Waals surface area (Å²) in [5.41, 5.74) is 5.43. The Morgan fingerprint density at radius 1 is 1.12 bits per heavy atom. The van der Waals surface area contributed by atoms with Crippen molar-refractivity contribution >= 4 is 17.5 Å². The number of nitrogens with zero attached hydrogens (tertiary/aromatic N) is 1. The molecule has 1 N–H and O–H groups in total. The van der Waals surface area contributed by atoms with Gasteiger partial charge in [-0.05, 0) is 61.0 Å². The minimum absolute atomic E-state index is 0.834. The van der Waals surface area contributed by atoms with Crippen molar-refractivity contribution in [3.05, 3.63) is 71.3 Å². The van der Waals surface area contributed by atoms with Gasteiger partial charge in [-0.2, -0.15) is 0 Å². The molecule has 3 heteroatoms. The van der Waals surface area contributed by atoms with Gasteiger partial charge >= 0.3 is 0 Å². The zero-order valence-corrected chi connectivity index (χ0v) is 15.5. The summed E-state index contributed by atoms with van der Waals surface area (Å²) in [6.07, 6.45) is 4.85. The van der Waals surface area contributed by atoms with Gasteiger partial charge in [0, 0.05) is 18.8 Å². The number of allylic oxidation sites excluding steroid dienone is 1. The molecule has 0 unspecified atom stereocenters. The predicted molar refractivity (Wildman–Crippen MR) is 107 cm³/mol. The second-order valence-corrected chi connectivity index (χ2v) is 6.47. The van der Waals surface area contributed by atoms with E-state index in [0.717, 1.165) is 48.2 Å². The maximum absolute atomic E-state index is 11.3. The van der Waals surface area contributed by atoms with Crippen LogP contribution in [0.4, 0.5) is 5.69 Å². The highest BCUT2D eigenvalue weighted by atomic mass is 16.1. The average Bonchev–Trinajstić information content (AvgIpc) is 2.60. The molecule has 0 aromatic heterocycles. The molecule has 0 atom stereocenters. The molecule has 132 valence electrons. The Morgan fingerprint density at radius 2 is 1.92 bits per heavy atom. The number of rotatable bonds is 9. The number of anilines is 1. The summed E-state index contributed by atoms with van der Waals surface area (Å²) in [7, 11) is 4.11. The van der Waals surface area contributed by atoms with E-state index in [0.29, 0.717) is 0 Å². The third-order valence-electron chi connectivity index (χ3n) is 4.06. The molecule has 2 rings (SSSR count). The van der Waals surface area contributed by atoms with Crippen molar-refractivity contribution in [1.29, 1.82) is 0 Å². The van der Waals surface area contributed by atoms with Crippen molar-refractivity contribution < 1.29 is 4.79 Å². The first-order valence-corrected chi connectivity index (χ1v) is 8.88. The Bertz CT molecular complexity index is 719. The van der Waals surface area contributed by atoms with Gasteiger partial charge in [0.2, 0.25) is 0 Å². The van der Waals surface area contributed by atoms with E-state index in [9.17, 15) is 4.79 Å². The van der Waals surface area contributed by atoms with E-state index in [2.05, 4.69) is 61.6 Å². The summed E-state index contributed by atoms with van der Waals surface area (Å²) in [6.45, 7) is 3.98. The summed E-state index contributed by atoms with van der Waals surface area (Å²) in [5, 5.41) is 3.46. The largest absolute Gasteiger partial charge is 0.385 e. The molecular formula is C22H28N2O. The Hall–Kier alpha value is -2.39. The van der Waals surface area contributed by atoms with Crippen molar-refractivity contribution in [3.63, 3.8) is 0 Å². The van der Waals surface area contributed by atoms with Crippen LogP contribution >= 0.6 is 0 Å². The van der Waals surface area contributed by atoms with E-state index in [1.807, 2.05) is 18.2 Å². The van der Waals surface area contributed by atoms with E-state index in [4.69, 9.17) is 0 Å². The molecule has 0 fully saturated rings. The molecule has 0 saturated carbocycles. The monoisotopic (exact) mass is 336 g/mol. The first-order valence-electron chi connectivity index (χ1n) is 8.88. The van der Waals surface area contributed by atoms with Crippen LogP contribution in [-0.2, 0) is 11.3 Å². The molecule has 0 spiro atoms. The normalized spacial score (nSPS) is 11.6. The molecule has 2 aromatic rings. The zero-order chi connectivity index (χ0) is 18.1. The Balaban J connectivity index is 2.38. The molecule has 0 saturated heterocycles. The van der Waals surface area contributed by atoms with Crippen molar-refractivity contribution in [2.45, 2.75) is 26.3 Å². The highest BCUT2D eigenvalue weighted by Gasteiger charge is 2.11. The van der Waals surface area contributed by atoms with Crippen LogP contribution in [0.1, 0.15) is 36.5 Å². The number of unbranched alkanes of at least 4 members (excludes halogenated alkanes) is 1. The number of aldehydes is 1. The van der Waals surface area contributed by atoms with Crippen molar-refractivity contribution in [2.75, 3.05) is 26.0 Å². The van der Waals surface area contributed by atoms with E-state index in [1.54, 1.807) is 6.08 Å². The lowest BCUT2D eigenvalue weighted by molar-refractivity contribution is -0.104. The molecule has 2 aromatic carbocycles. The molecule has 0 aliphatic carbocycles. The Kier molecular flexibility index (Phi) is 7.42. The van der Waals surface area contributed by atoms with Crippen LogP contribution < -0.4 is 5.32 Å². The summed E-state index contributed by atoms with van der Waals surface area (Å²) in [5.74, 6) is 0. The van der Waals surface area contributed by atoms with Gasteiger partial charge in [-0.3, -0.25) is 4.79 Å². The van der Waals surface area contributed by atoms with Crippen LogP contribution in [0.15, 0.2) is 54.6 Å². The van der Waals surface area contributed by atoms with Crippen LogP contribution in [0.25, 0.3) is 5.57 Å². The fraction of sp³-hybridized carbons (Fsp3) is 0.318. The van der Waals surface area contributed by atoms with Gasteiger partial charge in [0.1, 0.15) is 6.29 Å². The number of benzene rings is 2. The molecule has 0 aliphatic rings. The van der Waals surface area contributed by atoms with Gasteiger partial charge in [0.25, 0.3) is 0 Å². The summed E-state index contributed by atoms with van der Waals surface area (Å²) in [6, 6.07) is 16.6. The lowest BCUT2D eigenvalue weighted by atomic mass is 9.93. The fourth-order valence-corrected chi connectivity index (χ4v) is 2.88. The lowest BCUT2D eigenvalue weighted by Gasteiger charge is -2.17. The van der Waals surface area contributed by atoms with Gasteiger partial charge in [-0.25, -0.2) is 0 Å². The average molecular weight is 336 g/mol. The number of carbonyl (C=O) groups excluding carboxylic acids is 1. The van der Waals surface area contributed by atoms with Gasteiger partial charge < -0.3 is 10.2 Å². The van der Waals surface area contributed by atoms with Crippen LogP contribution in [0.2, 0.25) is 0 Å². The predicted octanol–water partition coefficient (Wildman–Crippen LogP) is 4.59. The van der Waals surface area contributed by atoms with E-state index >= 15 is 0 Å². The number of carbonyl (C=O) groups is 1. The third-order valence-corrected chi connectivity index (χ3v) is 4.06. The standard InChI is InChI=1S/C22H28N2O/c1-4-5-14-23-20-11-8-10-18(16-20)22(13-15-25)21-12-7-6-9-19(21)17-24(2)3/h6-13,15-16,23H,4-5,14,17H2,1-3H3. The maximum Gasteiger partial charge on any atom is 0.143 e. The first-order chi connectivity index (χ1) is 12.2. The van der Waals surface area contributed by atoms with Crippen molar-refractivity contribution in [2.24, 2.45) is 0 Å². The van der Waals surface area contributed by atoms with Crippen LogP contribution in [-0.4, -0.2) is 31.8 Å². The molecule has 0 radical (unpaired) electrons. The molecular weight excluding hydrogens is 308 g/mol. The van der Waals surface area contributed by atoms with Gasteiger partial charge in [-0.15, -0.1) is 0 Å². The van der Waals surface area contributed by atoms with E-state index < -0.39 is 0 Å². The van der Waals surface area contributed by atoms with E-state index in [1.165, 1.54) is 12.0 Å². The highest BCUT2D eigenvalue weighted by Crippen LogP contribution is 2.28. The number of hydrogen-bond donors (Lipinski definition) is 1. The van der Waals surface area contributed by atoms with Gasteiger partial charge in [0.15, 0.2) is 0 Å². The third kappa shape index (κ3) is 5.57. The molecule has 0 heterocycles. The SMILES string of the molecule is CCCCNc1cccc(C(=CC=O)c2ccccc2CN(C)C)c1. The second-order valence-electron chi connectivity index (χ2n) is 6.47. The number of nitrogens with one attached hydrogen (secondary N) is 1. The summed E-state index contributed by atoms with van der Waals surface area (Å²) in [4.78, 5) is 13.4. The van der Waals surface area contributed by atoms with Crippen molar-refractivity contribution in [1.82, 2.24) is 4.90 Å². The minimum Gasteiger partial charge on any atom is -0.385 e.